The Morgan fingerprint density at radius 1 is 0.789 bits per heavy atom. The van der Waals surface area contributed by atoms with Crippen LogP contribution in [0.25, 0.3) is 0 Å². The molecule has 1 heteroatoms. The molecule has 0 aromatic carbocycles. The Bertz CT molecular complexity index is 313. The zero-order chi connectivity index (χ0) is 14.6. The highest BCUT2D eigenvalue weighted by Crippen LogP contribution is 2.17. The third-order valence-corrected chi connectivity index (χ3v) is 2.94. The summed E-state index contributed by atoms with van der Waals surface area (Å²) in [4.78, 5) is 11.7. The zero-order valence-electron chi connectivity index (χ0n) is 13.1. The Kier molecular flexibility index (Phi) is 10.1. The fourth-order valence-corrected chi connectivity index (χ4v) is 1.61. The lowest BCUT2D eigenvalue weighted by atomic mass is 9.88. The van der Waals surface area contributed by atoms with Gasteiger partial charge in [0.25, 0.3) is 0 Å². The molecule has 0 N–H and O–H groups in total. The molecule has 0 aliphatic carbocycles. The first-order chi connectivity index (χ1) is 8.98. The molecule has 0 heterocycles. The highest BCUT2D eigenvalue weighted by molar-refractivity contribution is 5.83. The van der Waals surface area contributed by atoms with Crippen LogP contribution in [0.15, 0.2) is 36.5 Å². The summed E-state index contributed by atoms with van der Waals surface area (Å²) in [7, 11) is 0. The first-order valence-electron chi connectivity index (χ1n) is 7.43. The number of hydrogen-bond acceptors (Lipinski definition) is 1. The number of carbonyl (C=O) groups is 1. The van der Waals surface area contributed by atoms with Gasteiger partial charge in [-0.05, 0) is 39.0 Å². The standard InChI is InChI=1S/C18H30O/c1-5-6-7-8-9-10-11-12-13-14-15-16-17(19)18(2,3)4/h5-6,9-10,13-14H,7-8,11-12,15-16H2,1-4H3. The Hall–Kier alpha value is -1.11. The van der Waals surface area contributed by atoms with E-state index in [-0.39, 0.29) is 5.41 Å². The predicted molar refractivity (Wildman–Crippen MR) is 85.3 cm³/mol. The fourth-order valence-electron chi connectivity index (χ4n) is 1.61. The van der Waals surface area contributed by atoms with Crippen molar-refractivity contribution >= 4 is 5.78 Å². The minimum absolute atomic E-state index is 0.191. The van der Waals surface area contributed by atoms with Gasteiger partial charge < -0.3 is 0 Å². The molecule has 0 aromatic heterocycles. The first-order valence-corrected chi connectivity index (χ1v) is 7.43. The molecule has 0 spiro atoms. The average Bonchev–Trinajstić information content (AvgIpc) is 2.34. The number of ketones is 1. The first kappa shape index (κ1) is 17.9. The van der Waals surface area contributed by atoms with Crippen LogP contribution in [0.4, 0.5) is 0 Å². The molecule has 0 amide bonds. The van der Waals surface area contributed by atoms with E-state index in [2.05, 4.69) is 43.4 Å². The summed E-state index contributed by atoms with van der Waals surface area (Å²) in [6, 6.07) is 0. The van der Waals surface area contributed by atoms with Gasteiger partial charge in [0.2, 0.25) is 0 Å². The molecule has 19 heavy (non-hydrogen) atoms. The van der Waals surface area contributed by atoms with Gasteiger partial charge in [-0.1, -0.05) is 57.2 Å². The van der Waals surface area contributed by atoms with Gasteiger partial charge in [-0.25, -0.2) is 0 Å². The SMILES string of the molecule is CC=CCCC=CCCC=CCCC(=O)C(C)(C)C. The van der Waals surface area contributed by atoms with Crippen molar-refractivity contribution in [3.8, 4) is 0 Å². The second kappa shape index (κ2) is 10.8. The lowest BCUT2D eigenvalue weighted by molar-refractivity contribution is -0.126. The van der Waals surface area contributed by atoms with Gasteiger partial charge in [0, 0.05) is 11.8 Å². The molecule has 0 radical (unpaired) electrons. The molecule has 0 aromatic rings. The number of rotatable bonds is 9. The smallest absolute Gasteiger partial charge is 0.138 e. The molecular formula is C18H30O. The number of hydrogen-bond donors (Lipinski definition) is 0. The van der Waals surface area contributed by atoms with Gasteiger partial charge in [-0.2, -0.15) is 0 Å². The van der Waals surface area contributed by atoms with Crippen LogP contribution in [-0.2, 0) is 4.79 Å². The van der Waals surface area contributed by atoms with E-state index < -0.39 is 0 Å². The maximum atomic E-state index is 11.7. The summed E-state index contributed by atoms with van der Waals surface area (Å²) < 4.78 is 0. The van der Waals surface area contributed by atoms with Gasteiger partial charge in [0.05, 0.1) is 0 Å². The number of allylic oxidation sites excluding steroid dienone is 6. The van der Waals surface area contributed by atoms with E-state index in [0.29, 0.717) is 12.2 Å². The molecule has 0 atom stereocenters. The predicted octanol–water partition coefficient (Wildman–Crippen LogP) is 5.63. The summed E-state index contributed by atoms with van der Waals surface area (Å²) in [5.41, 5.74) is -0.191. The summed E-state index contributed by atoms with van der Waals surface area (Å²) in [5, 5.41) is 0. The largest absolute Gasteiger partial charge is 0.299 e. The Balaban J connectivity index is 3.52. The molecule has 0 fully saturated rings. The van der Waals surface area contributed by atoms with E-state index in [1.54, 1.807) is 0 Å². The van der Waals surface area contributed by atoms with Crippen LogP contribution in [0.5, 0.6) is 0 Å². The summed E-state index contributed by atoms with van der Waals surface area (Å²) in [6.07, 6.45) is 19.1. The number of carbonyl (C=O) groups excluding carboxylic acids is 1. The topological polar surface area (TPSA) is 17.1 Å². The quantitative estimate of drug-likeness (QED) is 0.389. The van der Waals surface area contributed by atoms with Crippen molar-refractivity contribution in [1.29, 1.82) is 0 Å². The summed E-state index contributed by atoms with van der Waals surface area (Å²) in [6.45, 7) is 8.01. The number of Topliss-reactive ketones (excluding diaryl/α,β-unsaturated/α-hetero) is 1. The molecule has 0 bridgehead atoms. The van der Waals surface area contributed by atoms with Crippen molar-refractivity contribution in [2.24, 2.45) is 5.41 Å². The average molecular weight is 262 g/mol. The van der Waals surface area contributed by atoms with Crippen LogP contribution in [0, 0.1) is 5.41 Å². The molecular weight excluding hydrogens is 232 g/mol. The third-order valence-electron chi connectivity index (χ3n) is 2.94. The van der Waals surface area contributed by atoms with Crippen molar-refractivity contribution in [3.05, 3.63) is 36.5 Å². The normalized spacial score (nSPS) is 13.1. The second-order valence-corrected chi connectivity index (χ2v) is 5.88. The lowest BCUT2D eigenvalue weighted by Gasteiger charge is -2.15. The molecule has 0 aliphatic rings. The van der Waals surface area contributed by atoms with E-state index in [4.69, 9.17) is 0 Å². The minimum atomic E-state index is -0.191. The van der Waals surface area contributed by atoms with Gasteiger partial charge in [0.1, 0.15) is 5.78 Å². The molecule has 1 nitrogen and oxygen atoms in total. The molecule has 0 rings (SSSR count). The molecule has 108 valence electrons. The van der Waals surface area contributed by atoms with Crippen LogP contribution in [0.2, 0.25) is 0 Å². The molecule has 0 aliphatic heterocycles. The van der Waals surface area contributed by atoms with Gasteiger partial charge in [-0.3, -0.25) is 4.79 Å². The van der Waals surface area contributed by atoms with Gasteiger partial charge in [0.15, 0.2) is 0 Å². The van der Waals surface area contributed by atoms with Crippen molar-refractivity contribution in [1.82, 2.24) is 0 Å². The van der Waals surface area contributed by atoms with E-state index in [9.17, 15) is 4.79 Å². The van der Waals surface area contributed by atoms with E-state index in [1.807, 2.05) is 20.8 Å². The molecule has 0 unspecified atom stereocenters. The van der Waals surface area contributed by atoms with Crippen molar-refractivity contribution in [3.63, 3.8) is 0 Å². The maximum absolute atomic E-state index is 11.7. The Morgan fingerprint density at radius 2 is 1.21 bits per heavy atom. The highest BCUT2D eigenvalue weighted by atomic mass is 16.1. The Morgan fingerprint density at radius 3 is 1.63 bits per heavy atom. The fraction of sp³-hybridized carbons (Fsp3) is 0.611. The molecule has 0 saturated heterocycles. The van der Waals surface area contributed by atoms with Gasteiger partial charge in [-0.15, -0.1) is 0 Å². The van der Waals surface area contributed by atoms with E-state index in [0.717, 1.165) is 32.1 Å². The van der Waals surface area contributed by atoms with Crippen LogP contribution in [-0.4, -0.2) is 5.78 Å². The van der Waals surface area contributed by atoms with E-state index in [1.165, 1.54) is 0 Å². The summed E-state index contributed by atoms with van der Waals surface area (Å²) >= 11 is 0. The van der Waals surface area contributed by atoms with Crippen molar-refractivity contribution in [2.75, 3.05) is 0 Å². The zero-order valence-corrected chi connectivity index (χ0v) is 13.1. The number of unbranched alkanes of at least 4 members (excludes halogenated alkanes) is 2. The van der Waals surface area contributed by atoms with Crippen molar-refractivity contribution < 1.29 is 4.79 Å². The van der Waals surface area contributed by atoms with Gasteiger partial charge >= 0.3 is 0 Å². The van der Waals surface area contributed by atoms with Crippen LogP contribution >= 0.6 is 0 Å². The van der Waals surface area contributed by atoms with Crippen LogP contribution < -0.4 is 0 Å². The van der Waals surface area contributed by atoms with Crippen molar-refractivity contribution in [2.45, 2.75) is 66.2 Å². The summed E-state index contributed by atoms with van der Waals surface area (Å²) in [5.74, 6) is 0.348. The van der Waals surface area contributed by atoms with E-state index >= 15 is 0 Å². The van der Waals surface area contributed by atoms with Crippen LogP contribution in [0.3, 0.4) is 0 Å². The third kappa shape index (κ3) is 11.7. The lowest BCUT2D eigenvalue weighted by Crippen LogP contribution is -2.19. The second-order valence-electron chi connectivity index (χ2n) is 5.88. The highest BCUT2D eigenvalue weighted by Gasteiger charge is 2.19. The maximum Gasteiger partial charge on any atom is 0.138 e. The molecule has 0 saturated carbocycles. The minimum Gasteiger partial charge on any atom is -0.299 e. The Labute approximate surface area is 119 Å². The monoisotopic (exact) mass is 262 g/mol. The van der Waals surface area contributed by atoms with Crippen LogP contribution in [0.1, 0.15) is 66.2 Å².